The maximum Gasteiger partial charge on any atom is 0.197 e. The van der Waals surface area contributed by atoms with Crippen LogP contribution in [0.3, 0.4) is 0 Å². The van der Waals surface area contributed by atoms with Gasteiger partial charge in [-0.25, -0.2) is 4.39 Å². The molecule has 9 heteroatoms. The molecule has 174 valence electrons. The van der Waals surface area contributed by atoms with E-state index in [0.717, 1.165) is 0 Å². The molecule has 1 aromatic heterocycles. The van der Waals surface area contributed by atoms with Crippen molar-refractivity contribution in [2.75, 3.05) is 27.2 Å². The van der Waals surface area contributed by atoms with Crippen LogP contribution in [0.25, 0.3) is 23.1 Å². The number of fused-ring (bicyclic) bond motifs is 1. The molecule has 0 saturated carbocycles. The van der Waals surface area contributed by atoms with Gasteiger partial charge in [0, 0.05) is 35.6 Å². The number of aromatic hydroxyl groups is 1. The molecule has 1 fully saturated rings. The first-order chi connectivity index (χ1) is 15.6. The molecule has 1 saturated heterocycles. The number of nitrogens with zero attached hydrogens (tertiary/aromatic N) is 1. The first-order valence-corrected chi connectivity index (χ1v) is 10.7. The van der Waals surface area contributed by atoms with Crippen molar-refractivity contribution in [3.63, 3.8) is 0 Å². The summed E-state index contributed by atoms with van der Waals surface area (Å²) in [4.78, 5) is 12.9. The lowest BCUT2D eigenvalue weighted by Gasteiger charge is -2.46. The van der Waals surface area contributed by atoms with Crippen LogP contribution in [0, 0.1) is 11.0 Å². The smallest absolute Gasteiger partial charge is 0.197 e. The minimum absolute atomic E-state index is 0.0337. The van der Waals surface area contributed by atoms with E-state index in [2.05, 4.69) is 0 Å². The molecule has 0 bridgehead atoms. The molecule has 7 nitrogen and oxygen atoms in total. The molecule has 1 aliphatic rings. The van der Waals surface area contributed by atoms with Gasteiger partial charge in [0.1, 0.15) is 46.7 Å². The van der Waals surface area contributed by atoms with Crippen molar-refractivity contribution in [1.82, 2.24) is 0 Å². The Morgan fingerprint density at radius 2 is 2.09 bits per heavy atom. The first kappa shape index (κ1) is 23.3. The van der Waals surface area contributed by atoms with E-state index in [0.29, 0.717) is 12.0 Å². The van der Waals surface area contributed by atoms with Gasteiger partial charge in [-0.2, -0.15) is 0 Å². The van der Waals surface area contributed by atoms with Crippen LogP contribution in [-0.2, 0) is 0 Å². The molecule has 1 unspecified atom stereocenters. The number of hydroxylamine groups is 3. The van der Waals surface area contributed by atoms with E-state index < -0.39 is 27.9 Å². The number of benzene rings is 2. The minimum atomic E-state index is -1.01. The average molecular weight is 476 g/mol. The number of likely N-dealkylation sites (N-methyl/N-ethyl adjacent to an activating group) is 1. The van der Waals surface area contributed by atoms with E-state index >= 15 is 0 Å². The van der Waals surface area contributed by atoms with Crippen LogP contribution < -0.4 is 10.2 Å². The molecule has 3 atom stereocenters. The highest BCUT2D eigenvalue weighted by atomic mass is 35.5. The molecular formula is C24H23ClFNO6. The quantitative estimate of drug-likeness (QED) is 0.431. The molecule has 4 rings (SSSR count). The highest BCUT2D eigenvalue weighted by Gasteiger charge is 2.37. The lowest BCUT2D eigenvalue weighted by atomic mass is 9.85. The van der Waals surface area contributed by atoms with Gasteiger partial charge >= 0.3 is 0 Å². The van der Waals surface area contributed by atoms with Gasteiger partial charge in [-0.05, 0) is 18.2 Å². The molecule has 2 aromatic carbocycles. The zero-order valence-corrected chi connectivity index (χ0v) is 18.8. The fourth-order valence-corrected chi connectivity index (χ4v) is 4.49. The fraction of sp³-hybridized carbons (Fsp3) is 0.292. The Kier molecular flexibility index (Phi) is 6.20. The van der Waals surface area contributed by atoms with Crippen molar-refractivity contribution in [3.05, 3.63) is 73.5 Å². The first-order valence-electron chi connectivity index (χ1n) is 10.3. The Morgan fingerprint density at radius 1 is 1.33 bits per heavy atom. The van der Waals surface area contributed by atoms with Crippen LogP contribution in [0.1, 0.15) is 29.2 Å². The minimum Gasteiger partial charge on any atom is -0.633 e. The second-order valence-electron chi connectivity index (χ2n) is 8.37. The maximum absolute atomic E-state index is 14.2. The van der Waals surface area contributed by atoms with Gasteiger partial charge in [0.15, 0.2) is 5.43 Å². The molecule has 2 heterocycles. The van der Waals surface area contributed by atoms with Gasteiger partial charge < -0.3 is 29.2 Å². The number of aliphatic hydroxyl groups is 1. The zero-order valence-electron chi connectivity index (χ0n) is 18.0. The van der Waals surface area contributed by atoms with Crippen LogP contribution in [0.15, 0.2) is 39.5 Å². The summed E-state index contributed by atoms with van der Waals surface area (Å²) >= 11 is 5.82. The number of rotatable bonds is 4. The third kappa shape index (κ3) is 4.47. The van der Waals surface area contributed by atoms with Gasteiger partial charge in [-0.1, -0.05) is 23.7 Å². The summed E-state index contributed by atoms with van der Waals surface area (Å²) in [6, 6.07) is 7.02. The van der Waals surface area contributed by atoms with Crippen LogP contribution in [0.2, 0.25) is 5.02 Å². The summed E-state index contributed by atoms with van der Waals surface area (Å²) in [7, 11) is 2.89. The van der Waals surface area contributed by atoms with E-state index in [9.17, 15) is 24.6 Å². The number of quaternary nitrogens is 1. The van der Waals surface area contributed by atoms with Crippen molar-refractivity contribution >= 4 is 34.7 Å². The van der Waals surface area contributed by atoms with Crippen molar-refractivity contribution in [1.29, 1.82) is 0 Å². The number of methoxy groups -OCH3 is 1. The average Bonchev–Trinajstić information content (AvgIpc) is 2.74. The number of hydrogen-bond donors (Lipinski definition) is 2. The lowest BCUT2D eigenvalue weighted by molar-refractivity contribution is -0.870. The molecule has 1 aliphatic heterocycles. The van der Waals surface area contributed by atoms with Crippen molar-refractivity contribution in [2.24, 2.45) is 0 Å². The number of likely N-dealkylation sites (tertiary alicyclic amines) is 1. The second kappa shape index (κ2) is 8.79. The largest absolute Gasteiger partial charge is 0.633 e. The highest BCUT2D eigenvalue weighted by Crippen LogP contribution is 2.43. The number of halogens is 2. The van der Waals surface area contributed by atoms with Crippen molar-refractivity contribution in [2.45, 2.75) is 18.4 Å². The van der Waals surface area contributed by atoms with E-state index in [1.807, 2.05) is 0 Å². The zero-order chi connectivity index (χ0) is 23.9. The summed E-state index contributed by atoms with van der Waals surface area (Å²) in [5.41, 5.74) is 0.142. The van der Waals surface area contributed by atoms with Crippen LogP contribution in [-0.4, -0.2) is 48.2 Å². The molecule has 2 N–H and O–H groups in total. The standard InChI is InChI=1S/C24H23ClFNO6/c1-27(31)9-8-15(19(30)12-27)21-20(32-2)11-18(29)22-17(28)10-14(33-24(21)22)7-6-13-4-3-5-16(25)23(13)26/h3-7,10-11,15,19,29-30H,8-9,12H2,1-2H3/b7-6+/t15-,19+,27?/m0/s1. The highest BCUT2D eigenvalue weighted by molar-refractivity contribution is 6.30. The Balaban J connectivity index is 1.88. The number of ether oxygens (including phenoxy) is 1. The molecular weight excluding hydrogens is 453 g/mol. The summed E-state index contributed by atoms with van der Waals surface area (Å²) in [6.45, 7) is 0.221. The molecule has 0 radical (unpaired) electrons. The Hall–Kier alpha value is -2.91. The predicted octanol–water partition coefficient (Wildman–Crippen LogP) is 4.26. The molecule has 0 amide bonds. The van der Waals surface area contributed by atoms with Gasteiger partial charge in [-0.15, -0.1) is 0 Å². The number of hydrogen-bond acceptors (Lipinski definition) is 6. The topological polar surface area (TPSA) is 103 Å². The van der Waals surface area contributed by atoms with Crippen LogP contribution >= 0.6 is 11.6 Å². The van der Waals surface area contributed by atoms with Gasteiger partial charge in [0.25, 0.3) is 0 Å². The molecule has 3 aromatic rings. The third-order valence-corrected chi connectivity index (χ3v) is 6.24. The maximum atomic E-state index is 14.2. The number of phenols is 1. The van der Waals surface area contributed by atoms with Gasteiger partial charge in [0.2, 0.25) is 0 Å². The monoisotopic (exact) mass is 475 g/mol. The Morgan fingerprint density at radius 3 is 2.79 bits per heavy atom. The third-order valence-electron chi connectivity index (χ3n) is 5.95. The van der Waals surface area contributed by atoms with Crippen molar-refractivity contribution < 1.29 is 28.4 Å². The molecule has 0 aliphatic carbocycles. The van der Waals surface area contributed by atoms with E-state index in [1.165, 1.54) is 50.6 Å². The Labute approximate surface area is 194 Å². The van der Waals surface area contributed by atoms with Gasteiger partial charge in [-0.3, -0.25) is 4.79 Å². The fourth-order valence-electron chi connectivity index (χ4n) is 4.31. The molecule has 0 spiro atoms. The SMILES string of the molecule is COc1cc(O)c2c(=O)cc(/C=C/c3cccc(Cl)c3F)oc2c1[C@H]1CC[N+](C)([O-])C[C@H]1O. The molecule has 33 heavy (non-hydrogen) atoms. The number of piperidine rings is 1. The van der Waals surface area contributed by atoms with E-state index in [4.69, 9.17) is 20.8 Å². The van der Waals surface area contributed by atoms with Gasteiger partial charge in [0.05, 0.1) is 25.7 Å². The number of phenolic OH excluding ortho intramolecular Hbond substituents is 1. The predicted molar refractivity (Wildman–Crippen MR) is 124 cm³/mol. The summed E-state index contributed by atoms with van der Waals surface area (Å²) in [5.74, 6) is -1.14. The van der Waals surface area contributed by atoms with E-state index in [1.54, 1.807) is 6.07 Å². The van der Waals surface area contributed by atoms with Crippen molar-refractivity contribution in [3.8, 4) is 11.5 Å². The lowest BCUT2D eigenvalue weighted by Crippen LogP contribution is -2.51. The van der Waals surface area contributed by atoms with E-state index in [-0.39, 0.29) is 51.9 Å². The number of aliphatic hydroxyl groups excluding tert-OH is 1. The summed E-state index contributed by atoms with van der Waals surface area (Å²) < 4.78 is 25.0. The second-order valence-corrected chi connectivity index (χ2v) is 8.78. The normalized spacial score (nSPS) is 23.3. The Bertz CT molecular complexity index is 1300. The van der Waals surface area contributed by atoms with Crippen LogP contribution in [0.4, 0.5) is 4.39 Å². The van der Waals surface area contributed by atoms with Crippen LogP contribution in [0.5, 0.6) is 11.5 Å². The summed E-state index contributed by atoms with van der Waals surface area (Å²) in [5, 5.41) is 33.4. The summed E-state index contributed by atoms with van der Waals surface area (Å²) in [6.07, 6.45) is 2.15.